The predicted octanol–water partition coefficient (Wildman–Crippen LogP) is 5.43. The second-order valence-electron chi connectivity index (χ2n) is 6.29. The Labute approximate surface area is 180 Å². The number of anilines is 1. The van der Waals surface area contributed by atoms with Crippen molar-refractivity contribution in [2.75, 3.05) is 19.0 Å². The Hall–Kier alpha value is -3.75. The van der Waals surface area contributed by atoms with E-state index >= 15 is 0 Å². The molecule has 5 nitrogen and oxygen atoms in total. The highest BCUT2D eigenvalue weighted by molar-refractivity contribution is 6.32. The van der Waals surface area contributed by atoms with Crippen LogP contribution >= 0.6 is 11.6 Å². The van der Waals surface area contributed by atoms with Crippen molar-refractivity contribution in [3.05, 3.63) is 88.9 Å². The number of hydrogen-bond donors (Lipinski definition) is 1. The van der Waals surface area contributed by atoms with Gasteiger partial charge in [-0.1, -0.05) is 35.9 Å². The lowest BCUT2D eigenvalue weighted by atomic mass is 10.0. The second kappa shape index (κ2) is 10.1. The first-order chi connectivity index (χ1) is 14.6. The zero-order valence-corrected chi connectivity index (χ0v) is 17.0. The Morgan fingerprint density at radius 2 is 1.83 bits per heavy atom. The van der Waals surface area contributed by atoms with Crippen LogP contribution in [0.15, 0.2) is 72.8 Å². The van der Waals surface area contributed by atoms with Crippen LogP contribution in [-0.4, -0.2) is 19.6 Å². The molecule has 0 aliphatic rings. The lowest BCUT2D eigenvalue weighted by molar-refractivity contribution is -0.118. The van der Waals surface area contributed by atoms with Crippen LogP contribution in [0, 0.1) is 11.3 Å². The summed E-state index contributed by atoms with van der Waals surface area (Å²) in [7, 11) is 1.59. The maximum atomic E-state index is 12.0. The van der Waals surface area contributed by atoms with Gasteiger partial charge in [-0.3, -0.25) is 4.79 Å². The van der Waals surface area contributed by atoms with Crippen molar-refractivity contribution in [3.63, 3.8) is 0 Å². The van der Waals surface area contributed by atoms with Crippen molar-refractivity contribution < 1.29 is 14.3 Å². The van der Waals surface area contributed by atoms with Crippen molar-refractivity contribution in [3.8, 4) is 17.6 Å². The van der Waals surface area contributed by atoms with Crippen LogP contribution in [0.3, 0.4) is 0 Å². The van der Waals surface area contributed by atoms with Gasteiger partial charge < -0.3 is 14.8 Å². The second-order valence-corrected chi connectivity index (χ2v) is 6.70. The molecule has 30 heavy (non-hydrogen) atoms. The van der Waals surface area contributed by atoms with Crippen molar-refractivity contribution in [1.29, 1.82) is 5.26 Å². The minimum absolute atomic E-state index is 0.168. The predicted molar refractivity (Wildman–Crippen MR) is 118 cm³/mol. The van der Waals surface area contributed by atoms with Gasteiger partial charge in [-0.25, -0.2) is 0 Å². The fraction of sp³-hybridized carbons (Fsp3) is 0.0833. The van der Waals surface area contributed by atoms with E-state index in [0.29, 0.717) is 22.0 Å². The Kier molecular flexibility index (Phi) is 7.09. The smallest absolute Gasteiger partial charge is 0.262 e. The average Bonchev–Trinajstić information content (AvgIpc) is 2.77. The summed E-state index contributed by atoms with van der Waals surface area (Å²) in [4.78, 5) is 12.0. The van der Waals surface area contributed by atoms with E-state index in [1.807, 2.05) is 30.3 Å². The van der Waals surface area contributed by atoms with Crippen LogP contribution in [-0.2, 0) is 4.79 Å². The standard InChI is InChI=1S/C24H19ClN2O3/c1-29-21-10-8-18(9-11-21)19(15-26)13-17-7-12-23(22(25)14-17)30-16-24(28)27-20-5-3-2-4-6-20/h2-14H,16H2,1H3,(H,27,28)/b19-13+. The molecule has 150 valence electrons. The first-order valence-electron chi connectivity index (χ1n) is 9.12. The summed E-state index contributed by atoms with van der Waals surface area (Å²) in [5.41, 5.74) is 2.70. The van der Waals surface area contributed by atoms with E-state index in [-0.39, 0.29) is 12.5 Å². The van der Waals surface area contributed by atoms with Gasteiger partial charge in [0, 0.05) is 5.69 Å². The number of methoxy groups -OCH3 is 1. The summed E-state index contributed by atoms with van der Waals surface area (Å²) in [5, 5.41) is 12.6. The number of nitriles is 1. The molecule has 0 aliphatic heterocycles. The summed E-state index contributed by atoms with van der Waals surface area (Å²) in [6, 6.07) is 23.7. The van der Waals surface area contributed by atoms with Gasteiger partial charge in [-0.05, 0) is 65.7 Å². The summed E-state index contributed by atoms with van der Waals surface area (Å²) in [6.45, 7) is -0.168. The third kappa shape index (κ3) is 5.63. The SMILES string of the molecule is COc1ccc(/C(C#N)=C/c2ccc(OCC(=O)Nc3ccccc3)c(Cl)c2)cc1. The molecule has 0 bridgehead atoms. The van der Waals surface area contributed by atoms with Crippen molar-refractivity contribution in [2.45, 2.75) is 0 Å². The highest BCUT2D eigenvalue weighted by atomic mass is 35.5. The molecule has 6 heteroatoms. The number of carbonyl (C=O) groups is 1. The zero-order valence-electron chi connectivity index (χ0n) is 16.3. The first-order valence-corrected chi connectivity index (χ1v) is 9.50. The maximum absolute atomic E-state index is 12.0. The molecule has 0 aliphatic carbocycles. The topological polar surface area (TPSA) is 71.3 Å². The fourth-order valence-corrected chi connectivity index (χ4v) is 2.95. The van der Waals surface area contributed by atoms with E-state index in [0.717, 1.165) is 16.9 Å². The summed E-state index contributed by atoms with van der Waals surface area (Å²) < 4.78 is 10.7. The Morgan fingerprint density at radius 3 is 2.47 bits per heavy atom. The molecule has 0 fully saturated rings. The van der Waals surface area contributed by atoms with E-state index in [1.54, 1.807) is 55.7 Å². The number of carbonyl (C=O) groups excluding carboxylic acids is 1. The number of hydrogen-bond acceptors (Lipinski definition) is 4. The van der Waals surface area contributed by atoms with Crippen LogP contribution < -0.4 is 14.8 Å². The molecular formula is C24H19ClN2O3. The molecule has 0 saturated heterocycles. The third-order valence-electron chi connectivity index (χ3n) is 4.20. The minimum Gasteiger partial charge on any atom is -0.497 e. The van der Waals surface area contributed by atoms with Crippen LogP contribution in [0.5, 0.6) is 11.5 Å². The van der Waals surface area contributed by atoms with E-state index < -0.39 is 0 Å². The molecule has 0 aromatic heterocycles. The van der Waals surface area contributed by atoms with Crippen LogP contribution in [0.25, 0.3) is 11.6 Å². The lowest BCUT2D eigenvalue weighted by Gasteiger charge is -2.09. The van der Waals surface area contributed by atoms with Gasteiger partial charge in [0.25, 0.3) is 5.91 Å². The number of ether oxygens (including phenoxy) is 2. The molecule has 0 spiro atoms. The number of benzene rings is 3. The van der Waals surface area contributed by atoms with Gasteiger partial charge in [-0.15, -0.1) is 0 Å². The van der Waals surface area contributed by atoms with Crippen LogP contribution in [0.4, 0.5) is 5.69 Å². The number of allylic oxidation sites excluding steroid dienone is 1. The third-order valence-corrected chi connectivity index (χ3v) is 4.50. The molecule has 0 radical (unpaired) electrons. The van der Waals surface area contributed by atoms with Gasteiger partial charge in [-0.2, -0.15) is 5.26 Å². The number of para-hydroxylation sites is 1. The monoisotopic (exact) mass is 418 g/mol. The Morgan fingerprint density at radius 1 is 1.10 bits per heavy atom. The van der Waals surface area contributed by atoms with Gasteiger partial charge in [0.05, 0.1) is 23.8 Å². The highest BCUT2D eigenvalue weighted by Gasteiger charge is 2.08. The van der Waals surface area contributed by atoms with Gasteiger partial charge in [0.1, 0.15) is 11.5 Å². The molecule has 3 rings (SSSR count). The molecule has 1 amide bonds. The van der Waals surface area contributed by atoms with E-state index in [2.05, 4.69) is 11.4 Å². The van der Waals surface area contributed by atoms with E-state index in [9.17, 15) is 10.1 Å². The number of nitrogens with zero attached hydrogens (tertiary/aromatic N) is 1. The van der Waals surface area contributed by atoms with Crippen molar-refractivity contribution in [1.82, 2.24) is 0 Å². The summed E-state index contributed by atoms with van der Waals surface area (Å²) >= 11 is 6.30. The average molecular weight is 419 g/mol. The quantitative estimate of drug-likeness (QED) is 0.410. The highest BCUT2D eigenvalue weighted by Crippen LogP contribution is 2.28. The fourth-order valence-electron chi connectivity index (χ4n) is 2.70. The van der Waals surface area contributed by atoms with Gasteiger partial charge >= 0.3 is 0 Å². The van der Waals surface area contributed by atoms with E-state index in [1.165, 1.54) is 0 Å². The van der Waals surface area contributed by atoms with Crippen LogP contribution in [0.2, 0.25) is 5.02 Å². The number of rotatable bonds is 7. The molecule has 3 aromatic rings. The Bertz CT molecular complexity index is 1090. The molecular weight excluding hydrogens is 400 g/mol. The molecule has 3 aromatic carbocycles. The van der Waals surface area contributed by atoms with Crippen LogP contribution in [0.1, 0.15) is 11.1 Å². The molecule has 0 atom stereocenters. The maximum Gasteiger partial charge on any atom is 0.262 e. The normalized spacial score (nSPS) is 10.8. The summed E-state index contributed by atoms with van der Waals surface area (Å²) in [6.07, 6.45) is 1.74. The number of nitrogens with one attached hydrogen (secondary N) is 1. The molecule has 0 unspecified atom stereocenters. The zero-order chi connectivity index (χ0) is 21.3. The number of halogens is 1. The van der Waals surface area contributed by atoms with E-state index in [4.69, 9.17) is 21.1 Å². The minimum atomic E-state index is -0.285. The molecule has 0 saturated carbocycles. The van der Waals surface area contributed by atoms with Gasteiger partial charge in [0.15, 0.2) is 6.61 Å². The van der Waals surface area contributed by atoms with Gasteiger partial charge in [0.2, 0.25) is 0 Å². The van der Waals surface area contributed by atoms with Crippen molar-refractivity contribution in [2.24, 2.45) is 0 Å². The first kappa shape index (κ1) is 21.0. The number of amides is 1. The van der Waals surface area contributed by atoms with Crippen molar-refractivity contribution >= 4 is 34.8 Å². The Balaban J connectivity index is 1.67. The molecule has 1 N–H and O–H groups in total. The largest absolute Gasteiger partial charge is 0.497 e. The lowest BCUT2D eigenvalue weighted by Crippen LogP contribution is -2.20. The summed E-state index contributed by atoms with van der Waals surface area (Å²) in [5.74, 6) is 0.824. The molecule has 0 heterocycles.